The number of hydrogen-bond donors (Lipinski definition) is 0. The van der Waals surface area contributed by atoms with E-state index >= 15 is 0 Å². The minimum atomic E-state index is -0.00200. The number of allylic oxidation sites excluding steroid dienone is 13. The van der Waals surface area contributed by atoms with Gasteiger partial charge in [-0.3, -0.25) is 0 Å². The van der Waals surface area contributed by atoms with Gasteiger partial charge in [0.2, 0.25) is 0 Å². The van der Waals surface area contributed by atoms with Crippen LogP contribution >= 0.6 is 11.3 Å². The van der Waals surface area contributed by atoms with Crippen LogP contribution in [-0.2, 0) is 0 Å². The zero-order chi connectivity index (χ0) is 40.0. The lowest BCUT2D eigenvalue weighted by molar-refractivity contribution is 0.809. The molecule has 4 aliphatic carbocycles. The number of benzene rings is 6. The van der Waals surface area contributed by atoms with E-state index in [1.54, 1.807) is 0 Å². The van der Waals surface area contributed by atoms with E-state index in [9.17, 15) is 0 Å². The van der Waals surface area contributed by atoms with Crippen LogP contribution in [0.1, 0.15) is 35.1 Å². The molecule has 0 N–H and O–H groups in total. The first-order chi connectivity index (χ1) is 29.6. The number of rotatable bonds is 8. The van der Waals surface area contributed by atoms with E-state index < -0.39 is 0 Å². The monoisotopic (exact) mass is 784 g/mol. The average molecular weight is 785 g/mol. The normalized spacial score (nSPS) is 20.4. The first-order valence-corrected chi connectivity index (χ1v) is 22.0. The molecule has 1 fully saturated rings. The van der Waals surface area contributed by atoms with Crippen molar-refractivity contribution in [1.29, 1.82) is 0 Å². The van der Waals surface area contributed by atoms with Crippen LogP contribution in [0.25, 0.3) is 77.9 Å². The second-order valence-electron chi connectivity index (χ2n) is 16.4. The molecule has 60 heavy (non-hydrogen) atoms. The van der Waals surface area contributed by atoms with Crippen LogP contribution < -0.4 is 10.4 Å². The van der Waals surface area contributed by atoms with Gasteiger partial charge < -0.3 is 0 Å². The Balaban J connectivity index is 1.18. The molecule has 3 atom stereocenters. The third-order valence-corrected chi connectivity index (χ3v) is 14.1. The Morgan fingerprint density at radius 3 is 2.17 bits per heavy atom. The van der Waals surface area contributed by atoms with Crippen LogP contribution in [0.4, 0.5) is 0 Å². The Morgan fingerprint density at radius 2 is 1.37 bits per heavy atom. The van der Waals surface area contributed by atoms with Crippen LogP contribution in [0.5, 0.6) is 0 Å². The lowest BCUT2D eigenvalue weighted by atomic mass is 9.80. The second-order valence-corrected chi connectivity index (χ2v) is 17.5. The van der Waals surface area contributed by atoms with Crippen molar-refractivity contribution >= 4 is 68.3 Å². The molecular formula is C59H44S. The van der Waals surface area contributed by atoms with Gasteiger partial charge in [0.05, 0.1) is 0 Å². The highest BCUT2D eigenvalue weighted by Crippen LogP contribution is 2.64. The van der Waals surface area contributed by atoms with Crippen molar-refractivity contribution in [1.82, 2.24) is 0 Å². The van der Waals surface area contributed by atoms with Crippen LogP contribution in [0.2, 0.25) is 0 Å². The SMILES string of the molecule is C=C1C=CC=CC1/C(=C\c1c2ccccc2c(/C=C(/c2ccccc2)C23C=CC=CC2C3)c2ccc(-c3ccc(-c4cccc5c4=CCC=CC=5)s3)cc12)c1ccccc1. The van der Waals surface area contributed by atoms with E-state index in [1.165, 1.54) is 86.3 Å². The second kappa shape index (κ2) is 15.1. The molecule has 11 rings (SSSR count). The minimum Gasteiger partial charge on any atom is -0.135 e. The van der Waals surface area contributed by atoms with Gasteiger partial charge in [-0.05, 0) is 131 Å². The van der Waals surface area contributed by atoms with Crippen molar-refractivity contribution < 1.29 is 0 Å². The summed E-state index contributed by atoms with van der Waals surface area (Å²) in [6.45, 7) is 4.55. The van der Waals surface area contributed by atoms with Crippen molar-refractivity contribution in [3.05, 3.63) is 239 Å². The van der Waals surface area contributed by atoms with Crippen molar-refractivity contribution in [2.45, 2.75) is 12.8 Å². The molecule has 4 aliphatic rings. The molecule has 0 aliphatic heterocycles. The summed E-state index contributed by atoms with van der Waals surface area (Å²) in [6, 6.07) is 49.5. The van der Waals surface area contributed by atoms with E-state index in [1.807, 2.05) is 11.3 Å². The summed E-state index contributed by atoms with van der Waals surface area (Å²) in [7, 11) is 0. The number of thiophene rings is 1. The number of hydrogen-bond acceptors (Lipinski definition) is 1. The molecule has 286 valence electrons. The van der Waals surface area contributed by atoms with Crippen molar-refractivity contribution in [3.63, 3.8) is 0 Å². The molecule has 7 aromatic rings. The maximum absolute atomic E-state index is 4.55. The zero-order valence-electron chi connectivity index (χ0n) is 33.5. The first-order valence-electron chi connectivity index (χ1n) is 21.1. The maximum atomic E-state index is 4.55. The Hall–Kier alpha value is -6.80. The lowest BCUT2D eigenvalue weighted by Crippen LogP contribution is -2.25. The van der Waals surface area contributed by atoms with Crippen molar-refractivity contribution in [2.24, 2.45) is 17.3 Å². The van der Waals surface area contributed by atoms with Gasteiger partial charge in [-0.15, -0.1) is 11.3 Å². The van der Waals surface area contributed by atoms with Gasteiger partial charge in [0.1, 0.15) is 0 Å². The third kappa shape index (κ3) is 6.38. The molecule has 0 radical (unpaired) electrons. The molecule has 3 unspecified atom stereocenters. The molecule has 0 bridgehead atoms. The zero-order valence-corrected chi connectivity index (χ0v) is 34.3. The smallest absolute Gasteiger partial charge is 0.0355 e. The standard InChI is InChI=1S/C59H44S/c1-40-18-11-12-26-46(40)52(42-20-5-2-6-21-42)37-54-48-28-13-14-29-49(48)55(38-56(43-22-8-3-9-23-43)59-35-16-15-25-45(59)39-59)50-32-31-44(36-53(50)54)57-33-34-58(60-57)51-30-17-24-41-19-7-4-10-27-47(41)51/h2-9,11-38,45-46H,1,10,39H2/b52-37-,56-38-. The largest absolute Gasteiger partial charge is 0.135 e. The van der Waals surface area contributed by atoms with E-state index in [2.05, 4.69) is 225 Å². The molecule has 0 nitrogen and oxygen atoms in total. The van der Waals surface area contributed by atoms with E-state index in [4.69, 9.17) is 0 Å². The summed E-state index contributed by atoms with van der Waals surface area (Å²) in [5.74, 6) is 0.569. The minimum absolute atomic E-state index is 0.00200. The Kier molecular flexibility index (Phi) is 9.13. The van der Waals surface area contributed by atoms with Crippen LogP contribution in [0, 0.1) is 17.3 Å². The summed E-state index contributed by atoms with van der Waals surface area (Å²) in [6.07, 6.45) is 34.1. The summed E-state index contributed by atoms with van der Waals surface area (Å²) >= 11 is 1.88. The van der Waals surface area contributed by atoms with Gasteiger partial charge in [-0.25, -0.2) is 0 Å². The maximum Gasteiger partial charge on any atom is 0.0355 e. The van der Waals surface area contributed by atoms with Gasteiger partial charge in [0.25, 0.3) is 0 Å². The molecule has 6 aromatic carbocycles. The average Bonchev–Trinajstić information content (AvgIpc) is 3.94. The fraction of sp³-hybridized carbons (Fsp3) is 0.0847. The molecule has 1 heterocycles. The highest BCUT2D eigenvalue weighted by molar-refractivity contribution is 7.18. The molecule has 1 heteroatoms. The summed E-state index contributed by atoms with van der Waals surface area (Å²) < 4.78 is 0. The Morgan fingerprint density at radius 1 is 0.633 bits per heavy atom. The quantitative estimate of drug-likeness (QED) is 0.106. The number of fused-ring (bicyclic) bond motifs is 4. The highest BCUT2D eigenvalue weighted by atomic mass is 32.1. The third-order valence-electron chi connectivity index (χ3n) is 12.9. The fourth-order valence-corrected chi connectivity index (χ4v) is 10.8. The molecule has 1 saturated carbocycles. The van der Waals surface area contributed by atoms with Crippen LogP contribution in [-0.4, -0.2) is 0 Å². The molecule has 0 amide bonds. The topological polar surface area (TPSA) is 0 Å². The molecule has 0 spiro atoms. The van der Waals surface area contributed by atoms with Crippen LogP contribution in [0.3, 0.4) is 0 Å². The predicted molar refractivity (Wildman–Crippen MR) is 260 cm³/mol. The van der Waals surface area contributed by atoms with Gasteiger partial charge in [-0.1, -0.05) is 195 Å². The van der Waals surface area contributed by atoms with Crippen molar-refractivity contribution in [3.8, 4) is 20.9 Å². The lowest BCUT2D eigenvalue weighted by Gasteiger charge is -2.23. The van der Waals surface area contributed by atoms with Crippen LogP contribution in [0.15, 0.2) is 206 Å². The van der Waals surface area contributed by atoms with E-state index in [0.29, 0.717) is 5.92 Å². The summed E-state index contributed by atoms with van der Waals surface area (Å²) in [4.78, 5) is 2.55. The Labute approximate surface area is 356 Å². The van der Waals surface area contributed by atoms with Gasteiger partial charge in [0, 0.05) is 21.1 Å². The molecule has 1 aromatic heterocycles. The molecule has 0 saturated heterocycles. The van der Waals surface area contributed by atoms with E-state index in [-0.39, 0.29) is 11.3 Å². The Bertz CT molecular complexity index is 3210. The van der Waals surface area contributed by atoms with E-state index in [0.717, 1.165) is 18.4 Å². The summed E-state index contributed by atoms with van der Waals surface area (Å²) in [5, 5.41) is 7.62. The predicted octanol–water partition coefficient (Wildman–Crippen LogP) is 14.4. The molecular weight excluding hydrogens is 741 g/mol. The van der Waals surface area contributed by atoms with Gasteiger partial charge in [-0.2, -0.15) is 0 Å². The summed E-state index contributed by atoms with van der Waals surface area (Å²) in [5.41, 5.74) is 11.3. The van der Waals surface area contributed by atoms with Crippen molar-refractivity contribution in [2.75, 3.05) is 0 Å². The highest BCUT2D eigenvalue weighted by Gasteiger charge is 2.54. The first kappa shape index (κ1) is 36.3. The van der Waals surface area contributed by atoms with Gasteiger partial charge >= 0.3 is 0 Å². The van der Waals surface area contributed by atoms with Gasteiger partial charge in [0.15, 0.2) is 0 Å². The fourth-order valence-electron chi connectivity index (χ4n) is 9.79.